The van der Waals surface area contributed by atoms with Gasteiger partial charge in [-0.05, 0) is 62.0 Å². The van der Waals surface area contributed by atoms with Crippen LogP contribution in [0.5, 0.6) is 0 Å². The largest absolute Gasteiger partial charge is 0.351 e. The fourth-order valence-electron chi connectivity index (χ4n) is 6.42. The van der Waals surface area contributed by atoms with E-state index in [0.717, 1.165) is 32.1 Å². The second-order valence-corrected chi connectivity index (χ2v) is 8.45. The molecule has 5 heteroatoms. The van der Waals surface area contributed by atoms with Gasteiger partial charge in [0.1, 0.15) is 0 Å². The van der Waals surface area contributed by atoms with Gasteiger partial charge in [0.2, 0.25) is 5.91 Å². The SMILES string of the molecule is CC(=O)N[C@]12CC3CC(C1)[C@@H](N1C(=O)c4ccccc4C1=O)C(C3)C2. The van der Waals surface area contributed by atoms with E-state index in [1.54, 1.807) is 24.0 Å². The van der Waals surface area contributed by atoms with E-state index in [9.17, 15) is 14.4 Å². The Morgan fingerprint density at radius 3 is 2.12 bits per heavy atom. The zero-order valence-corrected chi connectivity index (χ0v) is 14.3. The Bertz CT molecular complexity index is 751. The second kappa shape index (κ2) is 4.93. The maximum Gasteiger partial charge on any atom is 0.261 e. The summed E-state index contributed by atoms with van der Waals surface area (Å²) >= 11 is 0. The van der Waals surface area contributed by atoms with Crippen molar-refractivity contribution in [1.29, 1.82) is 0 Å². The second-order valence-electron chi connectivity index (χ2n) is 8.45. The number of hydrogen-bond donors (Lipinski definition) is 1. The monoisotopic (exact) mass is 338 g/mol. The van der Waals surface area contributed by atoms with Crippen LogP contribution in [-0.2, 0) is 4.79 Å². The van der Waals surface area contributed by atoms with Gasteiger partial charge >= 0.3 is 0 Å². The van der Waals surface area contributed by atoms with E-state index >= 15 is 0 Å². The van der Waals surface area contributed by atoms with Crippen molar-refractivity contribution in [3.8, 4) is 0 Å². The van der Waals surface area contributed by atoms with Crippen LogP contribution in [0.25, 0.3) is 0 Å². The number of rotatable bonds is 2. The zero-order chi connectivity index (χ0) is 17.3. The Morgan fingerprint density at radius 2 is 1.60 bits per heavy atom. The third-order valence-electron chi connectivity index (χ3n) is 6.79. The van der Waals surface area contributed by atoms with Crippen molar-refractivity contribution in [1.82, 2.24) is 10.2 Å². The Kier molecular flexibility index (Phi) is 2.98. The van der Waals surface area contributed by atoms with E-state index in [-0.39, 0.29) is 29.3 Å². The van der Waals surface area contributed by atoms with Crippen molar-refractivity contribution >= 4 is 17.7 Å². The fourth-order valence-corrected chi connectivity index (χ4v) is 6.42. The molecular formula is C20H22N2O3. The van der Waals surface area contributed by atoms with Crippen molar-refractivity contribution in [2.45, 2.75) is 50.6 Å². The fraction of sp³-hybridized carbons (Fsp3) is 0.550. The first-order valence-electron chi connectivity index (χ1n) is 9.23. The Morgan fingerprint density at radius 1 is 1.04 bits per heavy atom. The average Bonchev–Trinajstić information content (AvgIpc) is 2.78. The van der Waals surface area contributed by atoms with Gasteiger partial charge in [0, 0.05) is 18.5 Å². The van der Waals surface area contributed by atoms with Gasteiger partial charge in [-0.3, -0.25) is 19.3 Å². The maximum atomic E-state index is 12.9. The molecule has 1 heterocycles. The van der Waals surface area contributed by atoms with Crippen LogP contribution in [0.4, 0.5) is 0 Å². The van der Waals surface area contributed by atoms with Gasteiger partial charge in [0.15, 0.2) is 0 Å². The van der Waals surface area contributed by atoms with Crippen LogP contribution in [0.3, 0.4) is 0 Å². The first-order valence-corrected chi connectivity index (χ1v) is 9.23. The van der Waals surface area contributed by atoms with Crippen LogP contribution in [0.1, 0.15) is 59.7 Å². The summed E-state index contributed by atoms with van der Waals surface area (Å²) in [6.07, 6.45) is 4.95. The zero-order valence-electron chi connectivity index (χ0n) is 14.3. The number of nitrogens with zero attached hydrogens (tertiary/aromatic N) is 1. The van der Waals surface area contributed by atoms with E-state index < -0.39 is 0 Å². The molecule has 0 aromatic heterocycles. The Hall–Kier alpha value is -2.17. The highest BCUT2D eigenvalue weighted by atomic mass is 16.2. The van der Waals surface area contributed by atoms with Crippen LogP contribution in [0, 0.1) is 17.8 Å². The molecule has 130 valence electrons. The van der Waals surface area contributed by atoms with Gasteiger partial charge in [-0.25, -0.2) is 0 Å². The number of hydrogen-bond acceptors (Lipinski definition) is 3. The number of amides is 3. The third-order valence-corrected chi connectivity index (χ3v) is 6.79. The lowest BCUT2D eigenvalue weighted by Gasteiger charge is -2.61. The van der Waals surface area contributed by atoms with Gasteiger partial charge in [-0.1, -0.05) is 12.1 Å². The highest BCUT2D eigenvalue weighted by molar-refractivity contribution is 6.21. The van der Waals surface area contributed by atoms with E-state index in [2.05, 4.69) is 5.32 Å². The first-order chi connectivity index (χ1) is 12.0. The van der Waals surface area contributed by atoms with Crippen molar-refractivity contribution < 1.29 is 14.4 Å². The van der Waals surface area contributed by atoms with Crippen molar-refractivity contribution in [2.75, 3.05) is 0 Å². The van der Waals surface area contributed by atoms with Crippen LogP contribution in [0.15, 0.2) is 24.3 Å². The highest BCUT2D eigenvalue weighted by Gasteiger charge is 2.59. The molecule has 25 heavy (non-hydrogen) atoms. The van der Waals surface area contributed by atoms with E-state index in [4.69, 9.17) is 0 Å². The molecule has 5 aliphatic rings. The lowest BCUT2D eigenvalue weighted by atomic mass is 9.50. The van der Waals surface area contributed by atoms with Crippen LogP contribution in [0.2, 0.25) is 0 Å². The van der Waals surface area contributed by atoms with Gasteiger partial charge in [-0.15, -0.1) is 0 Å². The third kappa shape index (κ3) is 2.04. The first kappa shape index (κ1) is 15.1. The standard InChI is InChI=1S/C20H22N2O3/c1-11(23)21-20-8-12-6-13(9-20)17(14(7-12)10-20)22-18(24)15-4-2-3-5-16(15)19(22)25/h2-5,12-14,17H,6-10H2,1H3,(H,21,23)/t12?,13?,14?,17-,20-. The lowest BCUT2D eigenvalue weighted by molar-refractivity contribution is -0.127. The molecule has 2 unspecified atom stereocenters. The summed E-state index contributed by atoms with van der Waals surface area (Å²) in [5.74, 6) is 0.980. The number of carbonyl (C=O) groups is 3. The molecule has 1 aliphatic heterocycles. The molecule has 0 saturated heterocycles. The van der Waals surface area contributed by atoms with Gasteiger partial charge in [-0.2, -0.15) is 0 Å². The van der Waals surface area contributed by atoms with Gasteiger partial charge in [0.05, 0.1) is 11.1 Å². The number of nitrogens with one attached hydrogen (secondary N) is 1. The minimum absolute atomic E-state index is 0.00849. The summed E-state index contributed by atoms with van der Waals surface area (Å²) in [5, 5.41) is 3.21. The summed E-state index contributed by atoms with van der Waals surface area (Å²) in [6.45, 7) is 1.58. The van der Waals surface area contributed by atoms with Crippen LogP contribution >= 0.6 is 0 Å². The molecule has 5 nitrogen and oxygen atoms in total. The molecule has 4 saturated carbocycles. The lowest BCUT2D eigenvalue weighted by Crippen LogP contribution is -2.67. The minimum Gasteiger partial charge on any atom is -0.351 e. The van der Waals surface area contributed by atoms with Crippen molar-refractivity contribution in [3.63, 3.8) is 0 Å². The quantitative estimate of drug-likeness (QED) is 0.842. The summed E-state index contributed by atoms with van der Waals surface area (Å²) in [5.41, 5.74) is 0.966. The molecule has 6 rings (SSSR count). The molecule has 0 radical (unpaired) electrons. The van der Waals surface area contributed by atoms with Gasteiger partial charge in [0.25, 0.3) is 11.8 Å². The number of imide groups is 1. The smallest absolute Gasteiger partial charge is 0.261 e. The molecule has 1 aromatic rings. The topological polar surface area (TPSA) is 66.5 Å². The average molecular weight is 338 g/mol. The molecule has 4 bridgehead atoms. The Balaban J connectivity index is 1.49. The van der Waals surface area contributed by atoms with Gasteiger partial charge < -0.3 is 5.32 Å². The van der Waals surface area contributed by atoms with Crippen molar-refractivity contribution in [3.05, 3.63) is 35.4 Å². The molecule has 0 spiro atoms. The summed E-state index contributed by atoms with van der Waals surface area (Å²) < 4.78 is 0. The predicted octanol–water partition coefficient (Wildman–Crippen LogP) is 2.37. The molecule has 2 atom stereocenters. The van der Waals surface area contributed by atoms with Crippen LogP contribution in [-0.4, -0.2) is 34.2 Å². The van der Waals surface area contributed by atoms with Crippen molar-refractivity contribution in [2.24, 2.45) is 17.8 Å². The number of benzene rings is 1. The summed E-state index contributed by atoms with van der Waals surface area (Å²) in [7, 11) is 0. The Labute approximate surface area is 146 Å². The van der Waals surface area contributed by atoms with E-state index in [0.29, 0.717) is 28.9 Å². The normalized spacial score (nSPS) is 38.2. The highest BCUT2D eigenvalue weighted by Crippen LogP contribution is 2.57. The molecule has 1 N–H and O–H groups in total. The molecule has 4 aliphatic carbocycles. The molecule has 3 amide bonds. The molecule has 1 aromatic carbocycles. The number of fused-ring (bicyclic) bond motifs is 1. The maximum absolute atomic E-state index is 12.9. The predicted molar refractivity (Wildman–Crippen MR) is 90.8 cm³/mol. The van der Waals surface area contributed by atoms with E-state index in [1.165, 1.54) is 0 Å². The van der Waals surface area contributed by atoms with E-state index in [1.807, 2.05) is 12.1 Å². The summed E-state index contributed by atoms with van der Waals surface area (Å²) in [6, 6.07) is 7.13. The number of carbonyl (C=O) groups excluding carboxylic acids is 3. The summed E-state index contributed by atoms with van der Waals surface area (Å²) in [4.78, 5) is 39.1. The molecular weight excluding hydrogens is 316 g/mol. The molecule has 4 fully saturated rings. The van der Waals surface area contributed by atoms with Crippen LogP contribution < -0.4 is 5.32 Å². The minimum atomic E-state index is -0.133.